The number of aromatic nitrogens is 1. The van der Waals surface area contributed by atoms with E-state index >= 15 is 0 Å². The summed E-state index contributed by atoms with van der Waals surface area (Å²) in [7, 11) is 0. The summed E-state index contributed by atoms with van der Waals surface area (Å²) in [5, 5.41) is 14.0. The lowest BCUT2D eigenvalue weighted by atomic mass is 9.71. The molecule has 0 aliphatic heterocycles. The molecular formula is C28H29FN2O3. The number of amides is 1. The fourth-order valence-corrected chi connectivity index (χ4v) is 4.47. The van der Waals surface area contributed by atoms with Crippen LogP contribution in [-0.2, 0) is 11.1 Å². The summed E-state index contributed by atoms with van der Waals surface area (Å²) >= 11 is 0. The first-order chi connectivity index (χ1) is 16.2. The van der Waals surface area contributed by atoms with Crippen molar-refractivity contribution in [1.29, 1.82) is 0 Å². The molecule has 2 saturated carbocycles. The van der Waals surface area contributed by atoms with Gasteiger partial charge in [0.05, 0.1) is 11.1 Å². The molecule has 0 spiro atoms. The number of rotatable bonds is 7. The van der Waals surface area contributed by atoms with E-state index in [2.05, 4.69) is 10.3 Å². The average Bonchev–Trinajstić information content (AvgIpc) is 3.60. The smallest absolute Gasteiger partial charge is 0.251 e. The van der Waals surface area contributed by atoms with Gasteiger partial charge >= 0.3 is 0 Å². The summed E-state index contributed by atoms with van der Waals surface area (Å²) in [6.45, 7) is 3.52. The Morgan fingerprint density at radius 3 is 2.35 bits per heavy atom. The number of ether oxygens (including phenoxy) is 1. The van der Waals surface area contributed by atoms with Crippen molar-refractivity contribution in [2.75, 3.05) is 0 Å². The maximum Gasteiger partial charge on any atom is 0.251 e. The van der Waals surface area contributed by atoms with Gasteiger partial charge in [-0.1, -0.05) is 24.3 Å². The van der Waals surface area contributed by atoms with Crippen molar-refractivity contribution in [1.82, 2.24) is 10.3 Å². The number of hydrogen-bond acceptors (Lipinski definition) is 4. The van der Waals surface area contributed by atoms with E-state index in [9.17, 15) is 14.3 Å². The fraction of sp³-hybridized carbons (Fsp3) is 0.357. The molecule has 1 heterocycles. The van der Waals surface area contributed by atoms with Gasteiger partial charge in [0.2, 0.25) is 5.88 Å². The lowest BCUT2D eigenvalue weighted by Gasteiger charge is -2.43. The summed E-state index contributed by atoms with van der Waals surface area (Å²) in [6, 6.07) is 15.5. The Morgan fingerprint density at radius 2 is 1.79 bits per heavy atom. The Kier molecular flexibility index (Phi) is 5.64. The summed E-state index contributed by atoms with van der Waals surface area (Å²) in [4.78, 5) is 17.3. The van der Waals surface area contributed by atoms with Gasteiger partial charge < -0.3 is 15.2 Å². The van der Waals surface area contributed by atoms with Gasteiger partial charge in [0, 0.05) is 23.4 Å². The van der Waals surface area contributed by atoms with Crippen molar-refractivity contribution >= 4 is 5.91 Å². The van der Waals surface area contributed by atoms with E-state index in [0.29, 0.717) is 11.4 Å². The Hall–Kier alpha value is -3.25. The molecule has 1 aromatic heterocycles. The fourth-order valence-electron chi connectivity index (χ4n) is 4.47. The molecule has 0 bridgehead atoms. The number of nitrogens with one attached hydrogen (secondary N) is 1. The van der Waals surface area contributed by atoms with Crippen molar-refractivity contribution < 1.29 is 19.0 Å². The Balaban J connectivity index is 1.40. The van der Waals surface area contributed by atoms with E-state index in [1.807, 2.05) is 30.3 Å². The Labute approximate surface area is 199 Å². The second-order valence-electron chi connectivity index (χ2n) is 9.92. The van der Waals surface area contributed by atoms with E-state index in [-0.39, 0.29) is 17.8 Å². The largest absolute Gasteiger partial charge is 0.474 e. The van der Waals surface area contributed by atoms with Crippen LogP contribution in [0.1, 0.15) is 67.4 Å². The predicted octanol–water partition coefficient (Wildman–Crippen LogP) is 5.47. The first kappa shape index (κ1) is 22.5. The zero-order valence-electron chi connectivity index (χ0n) is 19.5. The molecule has 6 heteroatoms. The number of carbonyl (C=O) groups is 1. The van der Waals surface area contributed by atoms with E-state index in [4.69, 9.17) is 4.74 Å². The predicted molar refractivity (Wildman–Crippen MR) is 128 cm³/mol. The van der Waals surface area contributed by atoms with Gasteiger partial charge in [-0.05, 0) is 86.9 Å². The van der Waals surface area contributed by atoms with E-state index in [1.54, 1.807) is 20.0 Å². The van der Waals surface area contributed by atoms with Crippen molar-refractivity contribution in [2.45, 2.75) is 63.2 Å². The van der Waals surface area contributed by atoms with E-state index in [1.165, 1.54) is 24.3 Å². The minimum absolute atomic E-state index is 0.205. The molecule has 0 atom stereocenters. The van der Waals surface area contributed by atoms with Crippen LogP contribution in [0.5, 0.6) is 5.88 Å². The molecule has 0 radical (unpaired) electrons. The third-order valence-corrected chi connectivity index (χ3v) is 6.76. The highest BCUT2D eigenvalue weighted by Gasteiger charge is 2.40. The van der Waals surface area contributed by atoms with Gasteiger partial charge in [-0.15, -0.1) is 0 Å². The third kappa shape index (κ3) is 4.55. The lowest BCUT2D eigenvalue weighted by molar-refractivity contribution is 0.0785. The molecule has 2 N–H and O–H groups in total. The van der Waals surface area contributed by atoms with Crippen molar-refractivity contribution in [3.05, 3.63) is 83.3 Å². The topological polar surface area (TPSA) is 71.5 Å². The average molecular weight is 461 g/mol. The van der Waals surface area contributed by atoms with Gasteiger partial charge in [-0.25, -0.2) is 9.37 Å². The van der Waals surface area contributed by atoms with Crippen molar-refractivity contribution in [3.8, 4) is 17.0 Å². The van der Waals surface area contributed by atoms with Gasteiger partial charge in [0.15, 0.2) is 0 Å². The maximum absolute atomic E-state index is 13.2. The zero-order valence-corrected chi connectivity index (χ0v) is 19.5. The second-order valence-corrected chi connectivity index (χ2v) is 9.92. The summed E-state index contributed by atoms with van der Waals surface area (Å²) in [6.07, 6.45) is 6.81. The monoisotopic (exact) mass is 460 g/mol. The molecule has 2 aromatic carbocycles. The Morgan fingerprint density at radius 1 is 1.12 bits per heavy atom. The highest BCUT2D eigenvalue weighted by Crippen LogP contribution is 2.42. The number of hydrogen-bond donors (Lipinski definition) is 2. The van der Waals surface area contributed by atoms with Crippen molar-refractivity contribution in [2.24, 2.45) is 0 Å². The van der Waals surface area contributed by atoms with Crippen LogP contribution < -0.4 is 10.1 Å². The number of benzene rings is 2. The van der Waals surface area contributed by atoms with Crippen LogP contribution in [-0.4, -0.2) is 22.1 Å². The van der Waals surface area contributed by atoms with Gasteiger partial charge in [0.25, 0.3) is 5.91 Å². The molecule has 3 aromatic rings. The van der Waals surface area contributed by atoms with Gasteiger partial charge in [-0.2, -0.15) is 0 Å². The molecule has 2 aliphatic carbocycles. The van der Waals surface area contributed by atoms with E-state index < -0.39 is 11.1 Å². The van der Waals surface area contributed by atoms with Crippen LogP contribution in [0.25, 0.3) is 11.1 Å². The highest BCUT2D eigenvalue weighted by molar-refractivity contribution is 5.94. The summed E-state index contributed by atoms with van der Waals surface area (Å²) < 4.78 is 19.1. The van der Waals surface area contributed by atoms with Crippen molar-refractivity contribution in [3.63, 3.8) is 0 Å². The van der Waals surface area contributed by atoms with Crippen LogP contribution in [0.3, 0.4) is 0 Å². The van der Waals surface area contributed by atoms with Crippen LogP contribution in [0, 0.1) is 5.82 Å². The molecule has 1 amide bonds. The highest BCUT2D eigenvalue weighted by atomic mass is 19.1. The number of aliphatic hydroxyl groups is 1. The normalized spacial score (nSPS) is 17.1. The molecule has 5 rings (SSSR count). The number of carbonyl (C=O) groups excluding carboxylic acids is 1. The molecule has 2 fully saturated rings. The number of nitrogens with zero attached hydrogens (tertiary/aromatic N) is 1. The Bertz CT molecular complexity index is 1190. The van der Waals surface area contributed by atoms with Gasteiger partial charge in [0.1, 0.15) is 11.9 Å². The number of halogens is 1. The molecule has 2 aliphatic rings. The van der Waals surface area contributed by atoms with Crippen LogP contribution in [0.4, 0.5) is 4.39 Å². The van der Waals surface area contributed by atoms with Crippen LogP contribution in [0.15, 0.2) is 60.8 Å². The van der Waals surface area contributed by atoms with Crippen LogP contribution >= 0.6 is 0 Å². The molecule has 34 heavy (non-hydrogen) atoms. The van der Waals surface area contributed by atoms with E-state index in [0.717, 1.165) is 54.4 Å². The zero-order chi connectivity index (χ0) is 23.9. The lowest BCUT2D eigenvalue weighted by Crippen LogP contribution is -2.50. The van der Waals surface area contributed by atoms with Crippen LogP contribution in [0.2, 0.25) is 0 Å². The standard InChI is InChI=1S/C28H29FN2O3/c1-27(2,33)24-16-25(34-22-12-13-22)30-17-23(24)18-4-8-20(9-5-18)28(14-3-15-28)31-26(32)19-6-10-21(29)11-7-19/h4-11,16-17,22,33H,3,12-15H2,1-2H3,(H,31,32). The number of pyridine rings is 1. The minimum atomic E-state index is -1.06. The van der Waals surface area contributed by atoms with Gasteiger partial charge in [-0.3, -0.25) is 4.79 Å². The molecular weight excluding hydrogens is 431 g/mol. The quantitative estimate of drug-likeness (QED) is 0.491. The first-order valence-corrected chi connectivity index (χ1v) is 11.8. The minimum Gasteiger partial charge on any atom is -0.474 e. The molecule has 0 saturated heterocycles. The summed E-state index contributed by atoms with van der Waals surface area (Å²) in [5.74, 6) is -0.0296. The maximum atomic E-state index is 13.2. The first-order valence-electron chi connectivity index (χ1n) is 11.8. The molecule has 0 unspecified atom stereocenters. The second kappa shape index (κ2) is 8.51. The molecule has 176 valence electrons. The third-order valence-electron chi connectivity index (χ3n) is 6.76. The SMILES string of the molecule is CC(C)(O)c1cc(OC2CC2)ncc1-c1ccc(C2(NC(=O)c3ccc(F)cc3)CCC2)cc1. The molecule has 5 nitrogen and oxygen atoms in total. The summed E-state index contributed by atoms with van der Waals surface area (Å²) in [5.41, 5.74) is 2.53.